The molecule has 14 heavy (non-hydrogen) atoms. The lowest BCUT2D eigenvalue weighted by Gasteiger charge is -1.99. The van der Waals surface area contributed by atoms with E-state index in [0.29, 0.717) is 0 Å². The van der Waals surface area contributed by atoms with Crippen LogP contribution in [0, 0.1) is 6.92 Å². The fourth-order valence-corrected chi connectivity index (χ4v) is 1.71. The summed E-state index contributed by atoms with van der Waals surface area (Å²) in [6.07, 6.45) is 2.40. The summed E-state index contributed by atoms with van der Waals surface area (Å²) in [7, 11) is 0. The van der Waals surface area contributed by atoms with Gasteiger partial charge < -0.3 is 4.42 Å². The molecule has 1 heterocycles. The van der Waals surface area contributed by atoms with E-state index in [9.17, 15) is 0 Å². The highest BCUT2D eigenvalue weighted by molar-refractivity contribution is 9.10. The van der Waals surface area contributed by atoms with Crippen LogP contribution in [-0.2, 0) is 6.42 Å². The van der Waals surface area contributed by atoms with Gasteiger partial charge in [-0.15, -0.1) is 0 Å². The summed E-state index contributed by atoms with van der Waals surface area (Å²) >= 11 is 3.49. The number of nitrogens with zero attached hydrogens (tertiary/aromatic N) is 1. The van der Waals surface area contributed by atoms with Crippen molar-refractivity contribution in [2.75, 3.05) is 0 Å². The van der Waals surface area contributed by atoms with Crippen molar-refractivity contribution < 1.29 is 4.42 Å². The third kappa shape index (κ3) is 2.04. The SMILES string of the molecule is Cc1coc(Cc2ccccc2Br)n1. The first kappa shape index (κ1) is 9.46. The lowest BCUT2D eigenvalue weighted by atomic mass is 10.1. The Balaban J connectivity index is 2.23. The van der Waals surface area contributed by atoms with Gasteiger partial charge in [0.05, 0.1) is 12.1 Å². The average molecular weight is 252 g/mol. The minimum atomic E-state index is 0.731. The molecule has 0 radical (unpaired) electrons. The molecule has 0 N–H and O–H groups in total. The third-order valence-corrected chi connectivity index (χ3v) is 2.74. The van der Waals surface area contributed by atoms with Crippen LogP contribution >= 0.6 is 15.9 Å². The normalized spacial score (nSPS) is 10.4. The standard InChI is InChI=1S/C11H10BrNO/c1-8-7-14-11(13-8)6-9-4-2-3-5-10(9)12/h2-5,7H,6H2,1H3. The van der Waals surface area contributed by atoms with E-state index in [-0.39, 0.29) is 0 Å². The van der Waals surface area contributed by atoms with Gasteiger partial charge in [-0.2, -0.15) is 0 Å². The Hall–Kier alpha value is -1.09. The summed E-state index contributed by atoms with van der Waals surface area (Å²) in [6, 6.07) is 8.08. The van der Waals surface area contributed by atoms with Gasteiger partial charge in [-0.25, -0.2) is 4.98 Å². The molecule has 2 aromatic rings. The van der Waals surface area contributed by atoms with Crippen LogP contribution < -0.4 is 0 Å². The molecule has 0 aliphatic rings. The van der Waals surface area contributed by atoms with Gasteiger partial charge in [0, 0.05) is 4.47 Å². The van der Waals surface area contributed by atoms with Crippen LogP contribution in [-0.4, -0.2) is 4.98 Å². The van der Waals surface area contributed by atoms with Crippen LogP contribution in [0.5, 0.6) is 0 Å². The molecule has 0 bridgehead atoms. The molecular weight excluding hydrogens is 242 g/mol. The summed E-state index contributed by atoms with van der Waals surface area (Å²) in [6.45, 7) is 1.92. The van der Waals surface area contributed by atoms with Crippen molar-refractivity contribution in [1.82, 2.24) is 4.98 Å². The molecule has 0 aliphatic heterocycles. The molecule has 2 rings (SSSR count). The molecule has 0 unspecified atom stereocenters. The summed E-state index contributed by atoms with van der Waals surface area (Å²) in [5.74, 6) is 0.759. The van der Waals surface area contributed by atoms with Gasteiger partial charge in [0.25, 0.3) is 0 Å². The fraction of sp³-hybridized carbons (Fsp3) is 0.182. The van der Waals surface area contributed by atoms with Crippen molar-refractivity contribution in [2.45, 2.75) is 13.3 Å². The smallest absolute Gasteiger partial charge is 0.198 e. The summed E-state index contributed by atoms with van der Waals surface area (Å²) in [5.41, 5.74) is 2.11. The lowest BCUT2D eigenvalue weighted by molar-refractivity contribution is 0.506. The van der Waals surface area contributed by atoms with Gasteiger partial charge in [-0.3, -0.25) is 0 Å². The Bertz CT molecular complexity index is 436. The maximum Gasteiger partial charge on any atom is 0.198 e. The van der Waals surface area contributed by atoms with Crippen LogP contribution in [0.2, 0.25) is 0 Å². The number of rotatable bonds is 2. The Kier molecular flexibility index (Phi) is 2.68. The number of aryl methyl sites for hydroxylation is 1. The van der Waals surface area contributed by atoms with Crippen LogP contribution in [0.3, 0.4) is 0 Å². The van der Waals surface area contributed by atoms with E-state index in [2.05, 4.69) is 27.0 Å². The Labute approximate surface area is 91.1 Å². The van der Waals surface area contributed by atoms with Crippen molar-refractivity contribution in [3.8, 4) is 0 Å². The van der Waals surface area contributed by atoms with Crippen molar-refractivity contribution >= 4 is 15.9 Å². The zero-order valence-electron chi connectivity index (χ0n) is 7.83. The number of aromatic nitrogens is 1. The van der Waals surface area contributed by atoms with Crippen LogP contribution in [0.25, 0.3) is 0 Å². The van der Waals surface area contributed by atoms with Crippen molar-refractivity contribution in [1.29, 1.82) is 0 Å². The predicted molar refractivity (Wildman–Crippen MR) is 58.2 cm³/mol. The van der Waals surface area contributed by atoms with E-state index in [0.717, 1.165) is 22.5 Å². The Morgan fingerprint density at radius 1 is 1.36 bits per heavy atom. The van der Waals surface area contributed by atoms with Gasteiger partial charge in [0.1, 0.15) is 6.26 Å². The van der Waals surface area contributed by atoms with Crippen LogP contribution in [0.4, 0.5) is 0 Å². The quantitative estimate of drug-likeness (QED) is 0.819. The molecule has 0 fully saturated rings. The van der Waals surface area contributed by atoms with E-state index in [1.807, 2.05) is 25.1 Å². The minimum absolute atomic E-state index is 0.731. The van der Waals surface area contributed by atoms with Crippen molar-refractivity contribution in [2.24, 2.45) is 0 Å². The monoisotopic (exact) mass is 251 g/mol. The second kappa shape index (κ2) is 3.96. The summed E-state index contributed by atoms with van der Waals surface area (Å²) in [4.78, 5) is 4.26. The molecule has 2 nitrogen and oxygen atoms in total. The van der Waals surface area contributed by atoms with Gasteiger partial charge in [-0.05, 0) is 18.6 Å². The number of oxazole rings is 1. The van der Waals surface area contributed by atoms with Gasteiger partial charge in [0.15, 0.2) is 5.89 Å². The van der Waals surface area contributed by atoms with E-state index < -0.39 is 0 Å². The van der Waals surface area contributed by atoms with Gasteiger partial charge >= 0.3 is 0 Å². The Morgan fingerprint density at radius 3 is 2.79 bits per heavy atom. The molecule has 0 amide bonds. The van der Waals surface area contributed by atoms with Gasteiger partial charge in [0.2, 0.25) is 0 Å². The summed E-state index contributed by atoms with van der Waals surface area (Å²) in [5, 5.41) is 0. The maximum absolute atomic E-state index is 5.29. The molecule has 0 aliphatic carbocycles. The molecule has 1 aromatic carbocycles. The molecular formula is C11H10BrNO. The van der Waals surface area contributed by atoms with Crippen LogP contribution in [0.1, 0.15) is 17.1 Å². The topological polar surface area (TPSA) is 26.0 Å². The van der Waals surface area contributed by atoms with Crippen molar-refractivity contribution in [3.05, 3.63) is 52.1 Å². The highest BCUT2D eigenvalue weighted by atomic mass is 79.9. The second-order valence-electron chi connectivity index (χ2n) is 3.15. The number of hydrogen-bond acceptors (Lipinski definition) is 2. The second-order valence-corrected chi connectivity index (χ2v) is 4.01. The molecule has 3 heteroatoms. The first-order valence-corrected chi connectivity index (χ1v) is 5.19. The van der Waals surface area contributed by atoms with E-state index in [1.54, 1.807) is 6.26 Å². The number of benzene rings is 1. The Morgan fingerprint density at radius 2 is 2.14 bits per heavy atom. The highest BCUT2D eigenvalue weighted by Gasteiger charge is 2.04. The van der Waals surface area contributed by atoms with Gasteiger partial charge in [-0.1, -0.05) is 34.1 Å². The zero-order chi connectivity index (χ0) is 9.97. The third-order valence-electron chi connectivity index (χ3n) is 1.97. The van der Waals surface area contributed by atoms with E-state index >= 15 is 0 Å². The molecule has 0 atom stereocenters. The average Bonchev–Trinajstić information content (AvgIpc) is 2.56. The van der Waals surface area contributed by atoms with Crippen molar-refractivity contribution in [3.63, 3.8) is 0 Å². The maximum atomic E-state index is 5.29. The number of hydrogen-bond donors (Lipinski definition) is 0. The molecule has 0 saturated heterocycles. The molecule has 0 saturated carbocycles. The first-order chi connectivity index (χ1) is 6.75. The first-order valence-electron chi connectivity index (χ1n) is 4.40. The lowest BCUT2D eigenvalue weighted by Crippen LogP contribution is -1.89. The minimum Gasteiger partial charge on any atom is -0.448 e. The number of halogens is 1. The molecule has 1 aromatic heterocycles. The van der Waals surface area contributed by atoms with E-state index in [1.165, 1.54) is 5.56 Å². The molecule has 0 spiro atoms. The van der Waals surface area contributed by atoms with E-state index in [4.69, 9.17) is 4.42 Å². The summed E-state index contributed by atoms with van der Waals surface area (Å²) < 4.78 is 6.38. The predicted octanol–water partition coefficient (Wildman–Crippen LogP) is 3.34. The molecule has 72 valence electrons. The largest absolute Gasteiger partial charge is 0.448 e. The highest BCUT2D eigenvalue weighted by Crippen LogP contribution is 2.19. The fourth-order valence-electron chi connectivity index (χ4n) is 1.29. The van der Waals surface area contributed by atoms with Crippen LogP contribution in [0.15, 0.2) is 39.4 Å². The zero-order valence-corrected chi connectivity index (χ0v) is 9.41.